The third kappa shape index (κ3) is 6.39. The fourth-order valence-electron chi connectivity index (χ4n) is 5.53. The van der Waals surface area contributed by atoms with E-state index in [0.717, 1.165) is 88.5 Å². The van der Waals surface area contributed by atoms with Crippen LogP contribution in [-0.4, -0.2) is 70.2 Å². The minimum absolute atomic E-state index is 0.215. The molecule has 1 amide bonds. The Balaban J connectivity index is 1.17. The predicted octanol–water partition coefficient (Wildman–Crippen LogP) is 4.27. The molecule has 3 aliphatic rings. The van der Waals surface area contributed by atoms with Crippen molar-refractivity contribution in [1.82, 2.24) is 19.7 Å². The molecule has 0 aliphatic carbocycles. The van der Waals surface area contributed by atoms with Crippen molar-refractivity contribution < 1.29 is 9.53 Å². The highest BCUT2D eigenvalue weighted by molar-refractivity contribution is 7.99. The Labute approximate surface area is 213 Å². The smallest absolute Gasteiger partial charge is 0.233 e. The summed E-state index contributed by atoms with van der Waals surface area (Å²) in [5.74, 6) is 3.02. The lowest BCUT2D eigenvalue weighted by Gasteiger charge is -2.32. The van der Waals surface area contributed by atoms with Gasteiger partial charge in [0, 0.05) is 32.8 Å². The zero-order chi connectivity index (χ0) is 24.0. The highest BCUT2D eigenvalue weighted by Gasteiger charge is 2.27. The Morgan fingerprint density at radius 1 is 1.03 bits per heavy atom. The number of anilines is 1. The van der Waals surface area contributed by atoms with Crippen LogP contribution in [0, 0.1) is 11.8 Å². The first kappa shape index (κ1) is 24.6. The molecule has 0 spiro atoms. The Hall–Kier alpha value is -2.06. The van der Waals surface area contributed by atoms with Gasteiger partial charge in [0.05, 0.1) is 18.4 Å². The zero-order valence-electron chi connectivity index (χ0n) is 21.0. The SMILES string of the molecule is CC1CCN(c2nnc(SCC(=O)N3CCC(Cc4ccccc4)CC3)n2CC2CCCO2)CC1. The van der Waals surface area contributed by atoms with Crippen LogP contribution in [0.15, 0.2) is 35.5 Å². The van der Waals surface area contributed by atoms with Crippen LogP contribution in [0.4, 0.5) is 5.95 Å². The summed E-state index contributed by atoms with van der Waals surface area (Å²) in [7, 11) is 0. The molecule has 35 heavy (non-hydrogen) atoms. The molecule has 8 heteroatoms. The molecule has 1 atom stereocenters. The first-order chi connectivity index (χ1) is 17.2. The van der Waals surface area contributed by atoms with Crippen molar-refractivity contribution in [3.05, 3.63) is 35.9 Å². The standard InChI is InChI=1S/C27H39N5O2S/c1-21-9-13-31(14-10-21)26-28-29-27(32(26)19-24-8-5-17-34-24)35-20-25(33)30-15-11-23(12-16-30)18-22-6-3-2-4-7-22/h2-4,6-7,21,23-24H,5,8-20H2,1H3. The molecule has 190 valence electrons. The predicted molar refractivity (Wildman–Crippen MR) is 140 cm³/mol. The van der Waals surface area contributed by atoms with E-state index in [1.165, 1.54) is 30.2 Å². The molecule has 0 N–H and O–H groups in total. The normalized spacial score (nSPS) is 22.1. The van der Waals surface area contributed by atoms with Crippen molar-refractivity contribution in [3.63, 3.8) is 0 Å². The van der Waals surface area contributed by atoms with Gasteiger partial charge in [0.25, 0.3) is 0 Å². The molecule has 0 bridgehead atoms. The second-order valence-corrected chi connectivity index (χ2v) is 11.4. The summed E-state index contributed by atoms with van der Waals surface area (Å²) in [4.78, 5) is 17.5. The lowest BCUT2D eigenvalue weighted by Crippen LogP contribution is -2.40. The van der Waals surface area contributed by atoms with Gasteiger partial charge in [-0.3, -0.25) is 9.36 Å². The number of carbonyl (C=O) groups is 1. The number of hydrogen-bond donors (Lipinski definition) is 0. The number of hydrogen-bond acceptors (Lipinski definition) is 6. The van der Waals surface area contributed by atoms with Crippen LogP contribution in [0.1, 0.15) is 51.0 Å². The van der Waals surface area contributed by atoms with Gasteiger partial charge in [-0.05, 0) is 62.3 Å². The minimum atomic E-state index is 0.215. The van der Waals surface area contributed by atoms with Crippen LogP contribution in [0.3, 0.4) is 0 Å². The average Bonchev–Trinajstić information content (AvgIpc) is 3.55. The van der Waals surface area contributed by atoms with E-state index < -0.39 is 0 Å². The van der Waals surface area contributed by atoms with E-state index in [0.29, 0.717) is 11.7 Å². The summed E-state index contributed by atoms with van der Waals surface area (Å²) in [6, 6.07) is 10.7. The summed E-state index contributed by atoms with van der Waals surface area (Å²) in [6.07, 6.45) is 8.06. The second-order valence-electron chi connectivity index (χ2n) is 10.5. The summed E-state index contributed by atoms with van der Waals surface area (Å²) >= 11 is 1.54. The lowest BCUT2D eigenvalue weighted by molar-refractivity contribution is -0.129. The number of piperidine rings is 2. The van der Waals surface area contributed by atoms with Gasteiger partial charge in [0.2, 0.25) is 11.9 Å². The topological polar surface area (TPSA) is 63.5 Å². The average molecular weight is 498 g/mol. The highest BCUT2D eigenvalue weighted by Crippen LogP contribution is 2.29. The van der Waals surface area contributed by atoms with E-state index in [4.69, 9.17) is 4.74 Å². The van der Waals surface area contributed by atoms with Crippen LogP contribution in [-0.2, 0) is 22.5 Å². The van der Waals surface area contributed by atoms with E-state index in [1.54, 1.807) is 0 Å². The van der Waals surface area contributed by atoms with Crippen LogP contribution in [0.5, 0.6) is 0 Å². The Bertz CT molecular complexity index is 946. The fourth-order valence-corrected chi connectivity index (χ4v) is 6.38. The molecule has 1 unspecified atom stereocenters. The molecule has 4 heterocycles. The first-order valence-electron chi connectivity index (χ1n) is 13.4. The molecule has 2 aromatic rings. The molecule has 3 saturated heterocycles. The Morgan fingerprint density at radius 3 is 2.51 bits per heavy atom. The maximum atomic E-state index is 13.0. The van der Waals surface area contributed by atoms with E-state index in [2.05, 4.69) is 56.9 Å². The van der Waals surface area contributed by atoms with Crippen molar-refractivity contribution >= 4 is 23.6 Å². The highest BCUT2D eigenvalue weighted by atomic mass is 32.2. The first-order valence-corrected chi connectivity index (χ1v) is 14.4. The van der Waals surface area contributed by atoms with Gasteiger partial charge in [-0.15, -0.1) is 10.2 Å². The molecule has 1 aromatic carbocycles. The number of nitrogens with zero attached hydrogens (tertiary/aromatic N) is 5. The summed E-state index contributed by atoms with van der Waals surface area (Å²) in [6.45, 7) is 7.69. The molecule has 7 nitrogen and oxygen atoms in total. The molecule has 0 radical (unpaired) electrons. The molecular weight excluding hydrogens is 458 g/mol. The van der Waals surface area contributed by atoms with Gasteiger partial charge in [0.15, 0.2) is 5.16 Å². The van der Waals surface area contributed by atoms with Gasteiger partial charge < -0.3 is 14.5 Å². The van der Waals surface area contributed by atoms with Gasteiger partial charge in [0.1, 0.15) is 0 Å². The molecular formula is C27H39N5O2S. The number of amides is 1. The van der Waals surface area contributed by atoms with E-state index in [9.17, 15) is 4.79 Å². The number of ether oxygens (including phenoxy) is 1. The maximum Gasteiger partial charge on any atom is 0.233 e. The molecule has 3 fully saturated rings. The third-order valence-electron chi connectivity index (χ3n) is 7.83. The van der Waals surface area contributed by atoms with Crippen LogP contribution < -0.4 is 4.90 Å². The van der Waals surface area contributed by atoms with Crippen LogP contribution >= 0.6 is 11.8 Å². The van der Waals surface area contributed by atoms with Crippen LogP contribution in [0.25, 0.3) is 0 Å². The van der Waals surface area contributed by atoms with Gasteiger partial charge in [-0.25, -0.2) is 0 Å². The zero-order valence-corrected chi connectivity index (χ0v) is 21.8. The van der Waals surface area contributed by atoms with E-state index >= 15 is 0 Å². The van der Waals surface area contributed by atoms with Crippen molar-refractivity contribution in [2.75, 3.05) is 43.4 Å². The molecule has 0 saturated carbocycles. The second kappa shape index (κ2) is 11.8. The Kier molecular flexibility index (Phi) is 8.29. The van der Waals surface area contributed by atoms with Crippen molar-refractivity contribution in [2.24, 2.45) is 11.8 Å². The third-order valence-corrected chi connectivity index (χ3v) is 8.78. The van der Waals surface area contributed by atoms with E-state index in [-0.39, 0.29) is 12.0 Å². The summed E-state index contributed by atoms with van der Waals surface area (Å²) < 4.78 is 8.15. The monoisotopic (exact) mass is 497 g/mol. The number of thioether (sulfide) groups is 1. The summed E-state index contributed by atoms with van der Waals surface area (Å²) in [5.41, 5.74) is 1.40. The number of aromatic nitrogens is 3. The van der Waals surface area contributed by atoms with Crippen molar-refractivity contribution in [3.8, 4) is 0 Å². The largest absolute Gasteiger partial charge is 0.376 e. The Morgan fingerprint density at radius 2 is 1.80 bits per heavy atom. The number of benzene rings is 1. The van der Waals surface area contributed by atoms with Gasteiger partial charge >= 0.3 is 0 Å². The maximum absolute atomic E-state index is 13.0. The number of likely N-dealkylation sites (tertiary alicyclic amines) is 1. The number of rotatable bonds is 8. The number of carbonyl (C=O) groups excluding carboxylic acids is 1. The quantitative estimate of drug-likeness (QED) is 0.508. The summed E-state index contributed by atoms with van der Waals surface area (Å²) in [5, 5.41) is 9.97. The fraction of sp³-hybridized carbons (Fsp3) is 0.667. The molecule has 3 aliphatic heterocycles. The minimum Gasteiger partial charge on any atom is -0.376 e. The van der Waals surface area contributed by atoms with Crippen molar-refractivity contribution in [1.29, 1.82) is 0 Å². The van der Waals surface area contributed by atoms with Gasteiger partial charge in [-0.2, -0.15) is 0 Å². The van der Waals surface area contributed by atoms with Crippen LogP contribution in [0.2, 0.25) is 0 Å². The van der Waals surface area contributed by atoms with Crippen molar-refractivity contribution in [2.45, 2.75) is 69.7 Å². The van der Waals surface area contributed by atoms with Gasteiger partial charge in [-0.1, -0.05) is 49.0 Å². The van der Waals surface area contributed by atoms with E-state index in [1.807, 2.05) is 4.90 Å². The molecule has 1 aromatic heterocycles. The lowest BCUT2D eigenvalue weighted by atomic mass is 9.90. The molecule has 5 rings (SSSR count).